The molecule has 5 aliphatic carbocycles. The fraction of sp³-hybridized carbons (Fsp3) is 0.419. The molecule has 170 valence electrons. The van der Waals surface area contributed by atoms with Crippen LogP contribution in [0.1, 0.15) is 81.8 Å². The van der Waals surface area contributed by atoms with Crippen LogP contribution >= 0.6 is 0 Å². The molecule has 0 unspecified atom stereocenters. The number of benzene rings is 2. The van der Waals surface area contributed by atoms with Crippen molar-refractivity contribution in [1.82, 2.24) is 0 Å². The van der Waals surface area contributed by atoms with Gasteiger partial charge in [-0.25, -0.2) is 0 Å². The molecule has 7 rings (SSSR count). The topological polar surface area (TPSA) is 0 Å². The Morgan fingerprint density at radius 1 is 0.636 bits per heavy atom. The summed E-state index contributed by atoms with van der Waals surface area (Å²) in [6.45, 7) is 0. The van der Waals surface area contributed by atoms with Crippen LogP contribution in [0.2, 0.25) is 0 Å². The van der Waals surface area contributed by atoms with E-state index in [1.54, 1.807) is 0 Å². The molecule has 4 bridgehead atoms. The normalized spacial score (nSPS) is 21.2. The van der Waals surface area contributed by atoms with E-state index >= 15 is 0 Å². The van der Waals surface area contributed by atoms with Crippen LogP contribution in [0.3, 0.4) is 0 Å². The minimum absolute atomic E-state index is 0. The summed E-state index contributed by atoms with van der Waals surface area (Å²) < 4.78 is 0. The zero-order valence-electron chi connectivity index (χ0n) is 19.7. The van der Waals surface area contributed by atoms with Crippen LogP contribution in [-0.4, -0.2) is 0 Å². The van der Waals surface area contributed by atoms with Gasteiger partial charge in [0.2, 0.25) is 0 Å². The number of fused-ring (bicyclic) bond motifs is 4. The smallest absolute Gasteiger partial charge is 1.00 e. The molecular weight excluding hydrogens is 499 g/mol. The first-order valence-corrected chi connectivity index (χ1v) is 12.4. The summed E-state index contributed by atoms with van der Waals surface area (Å²) in [7, 11) is 0. The van der Waals surface area contributed by atoms with Gasteiger partial charge in [-0.2, -0.15) is 50.2 Å². The summed E-state index contributed by atoms with van der Waals surface area (Å²) in [6.07, 6.45) is 21.6. The number of hydrogen-bond acceptors (Lipinski definition) is 0. The standard InChI is InChI=1S/C17H13.2C7H11.ClH.Zr/c1-3-8-14(9-4-1)16-12-7-13-17(16)15-10-5-2-6-11-15;2*1-2-7-4-3-6(1)5-7;;/h1-6,8-12H,7H2;2*6H,1-5H2;1H;/q3*-1;;+4/p-1. The molecule has 0 spiro atoms. The predicted molar refractivity (Wildman–Crippen MR) is 132 cm³/mol. The van der Waals surface area contributed by atoms with Crippen molar-refractivity contribution >= 4 is 11.1 Å². The van der Waals surface area contributed by atoms with E-state index in [2.05, 4.69) is 66.7 Å². The Balaban J connectivity index is 0.000000158. The average molecular weight is 534 g/mol. The number of hydrogen-bond donors (Lipinski definition) is 0. The van der Waals surface area contributed by atoms with Gasteiger partial charge in [0.05, 0.1) is 0 Å². The zero-order chi connectivity index (χ0) is 20.9. The SMILES string of the molecule is C1CC2CC[C-]1C2.C1CC2CC[C-]1C2.[C-]1=C(c2ccccc2)C(c2ccccc2)=CC1.[Cl-].[Zr+4]. The second kappa shape index (κ2) is 13.3. The van der Waals surface area contributed by atoms with Crippen LogP contribution in [-0.2, 0) is 26.2 Å². The van der Waals surface area contributed by atoms with Gasteiger partial charge in [-0.05, 0) is 0 Å². The molecule has 0 aromatic heterocycles. The van der Waals surface area contributed by atoms with E-state index < -0.39 is 0 Å². The van der Waals surface area contributed by atoms with Crippen LogP contribution in [0.5, 0.6) is 0 Å². The molecule has 0 nitrogen and oxygen atoms in total. The van der Waals surface area contributed by atoms with Crippen molar-refractivity contribution in [2.45, 2.75) is 70.6 Å². The van der Waals surface area contributed by atoms with Crippen LogP contribution < -0.4 is 12.4 Å². The fourth-order valence-electron chi connectivity index (χ4n) is 6.00. The molecule has 4 fully saturated rings. The monoisotopic (exact) mass is 532 g/mol. The van der Waals surface area contributed by atoms with Gasteiger partial charge in [-0.3, -0.25) is 0 Å². The molecule has 0 amide bonds. The summed E-state index contributed by atoms with van der Waals surface area (Å²) >= 11 is 0. The minimum atomic E-state index is 0. The van der Waals surface area contributed by atoms with Crippen molar-refractivity contribution in [1.29, 1.82) is 0 Å². The van der Waals surface area contributed by atoms with Gasteiger partial charge >= 0.3 is 26.2 Å². The maximum Gasteiger partial charge on any atom is 4.00 e. The maximum atomic E-state index is 3.45. The van der Waals surface area contributed by atoms with E-state index in [0.29, 0.717) is 0 Å². The Morgan fingerprint density at radius 2 is 1.09 bits per heavy atom. The van der Waals surface area contributed by atoms with Crippen LogP contribution in [0.25, 0.3) is 11.1 Å². The molecule has 0 heterocycles. The van der Waals surface area contributed by atoms with Gasteiger partial charge < -0.3 is 24.2 Å². The summed E-state index contributed by atoms with van der Waals surface area (Å²) in [6, 6.07) is 21.0. The second-order valence-electron chi connectivity index (χ2n) is 9.90. The molecule has 4 saturated carbocycles. The molecule has 0 aliphatic heterocycles. The van der Waals surface area contributed by atoms with E-state index in [-0.39, 0.29) is 38.6 Å². The van der Waals surface area contributed by atoms with Gasteiger partial charge in [0, 0.05) is 0 Å². The van der Waals surface area contributed by atoms with E-state index in [9.17, 15) is 0 Å². The fourth-order valence-corrected chi connectivity index (χ4v) is 6.00. The molecule has 0 N–H and O–H groups in total. The van der Waals surface area contributed by atoms with Gasteiger partial charge in [0.25, 0.3) is 0 Å². The van der Waals surface area contributed by atoms with Crippen LogP contribution in [0, 0.1) is 29.7 Å². The minimum Gasteiger partial charge on any atom is -1.00 e. The van der Waals surface area contributed by atoms with Crippen molar-refractivity contribution in [3.05, 3.63) is 95.8 Å². The third kappa shape index (κ3) is 7.05. The summed E-state index contributed by atoms with van der Waals surface area (Å²) in [5.41, 5.74) is 5.06. The largest absolute Gasteiger partial charge is 4.00 e. The summed E-state index contributed by atoms with van der Waals surface area (Å²) in [4.78, 5) is 0. The molecular formula is C31H35ClZr. The molecule has 2 heteroatoms. The molecule has 2 aromatic carbocycles. The molecule has 0 radical (unpaired) electrons. The molecule has 0 atom stereocenters. The third-order valence-electron chi connectivity index (χ3n) is 7.78. The number of allylic oxidation sites excluding steroid dienone is 4. The first-order valence-electron chi connectivity index (χ1n) is 12.4. The van der Waals surface area contributed by atoms with E-state index in [1.807, 2.05) is 17.9 Å². The van der Waals surface area contributed by atoms with Crippen LogP contribution in [0.4, 0.5) is 0 Å². The molecule has 0 saturated heterocycles. The Hall–Kier alpha value is -0.907. The first-order chi connectivity index (χ1) is 15.3. The van der Waals surface area contributed by atoms with Crippen molar-refractivity contribution < 1.29 is 38.6 Å². The Morgan fingerprint density at radius 3 is 1.45 bits per heavy atom. The molecule has 2 aromatic rings. The Bertz CT molecular complexity index is 790. The van der Waals surface area contributed by atoms with E-state index in [0.717, 1.165) is 18.3 Å². The van der Waals surface area contributed by atoms with E-state index in [1.165, 1.54) is 86.5 Å². The van der Waals surface area contributed by atoms with Gasteiger partial charge in [0.15, 0.2) is 0 Å². The van der Waals surface area contributed by atoms with Gasteiger partial charge in [-0.15, -0.1) is 29.3 Å². The zero-order valence-corrected chi connectivity index (χ0v) is 22.9. The van der Waals surface area contributed by atoms with E-state index in [4.69, 9.17) is 0 Å². The summed E-state index contributed by atoms with van der Waals surface area (Å²) in [5, 5.41) is 0. The average Bonchev–Trinajstić information content (AvgIpc) is 3.68. The Kier molecular flexibility index (Phi) is 10.7. The first kappa shape index (κ1) is 26.7. The van der Waals surface area contributed by atoms with Gasteiger partial charge in [0.1, 0.15) is 0 Å². The number of rotatable bonds is 2. The van der Waals surface area contributed by atoms with Gasteiger partial charge in [-0.1, -0.05) is 98.0 Å². The molecule has 33 heavy (non-hydrogen) atoms. The van der Waals surface area contributed by atoms with Crippen molar-refractivity contribution in [3.8, 4) is 0 Å². The molecule has 5 aliphatic rings. The van der Waals surface area contributed by atoms with Crippen molar-refractivity contribution in [3.63, 3.8) is 0 Å². The van der Waals surface area contributed by atoms with Crippen molar-refractivity contribution in [2.75, 3.05) is 0 Å². The Labute approximate surface area is 226 Å². The maximum absolute atomic E-state index is 3.45. The predicted octanol–water partition coefficient (Wildman–Crippen LogP) is 5.67. The quantitative estimate of drug-likeness (QED) is 0.436. The summed E-state index contributed by atoms with van der Waals surface area (Å²) in [5.74, 6) is 6.00. The van der Waals surface area contributed by atoms with Crippen molar-refractivity contribution in [2.24, 2.45) is 11.8 Å². The second-order valence-corrected chi connectivity index (χ2v) is 9.90. The number of halogens is 1. The third-order valence-corrected chi connectivity index (χ3v) is 7.78. The van der Waals surface area contributed by atoms with Crippen LogP contribution in [0.15, 0.2) is 66.7 Å².